The molecule has 1 heterocycles. The number of hydrogen-bond donors (Lipinski definition) is 2. The van der Waals surface area contributed by atoms with Crippen LogP contribution in [0.3, 0.4) is 0 Å². The number of rotatable bonds is 1. The molecule has 0 aliphatic heterocycles. The number of nitrogens with two attached hydrogens (primary N) is 1. The standard InChI is InChI=1S/C6H5F2IN2O/c7-5(8)3-4(10)2(9)1-11-6(3)12/h1,5H,(H3,10,11,12). The predicted molar refractivity (Wildman–Crippen MR) is 49.1 cm³/mol. The summed E-state index contributed by atoms with van der Waals surface area (Å²) in [6.07, 6.45) is -1.53. The molecule has 0 spiro atoms. The zero-order valence-corrected chi connectivity index (χ0v) is 7.93. The van der Waals surface area contributed by atoms with Gasteiger partial charge >= 0.3 is 0 Å². The van der Waals surface area contributed by atoms with Crippen LogP contribution in [0.4, 0.5) is 14.5 Å². The quantitative estimate of drug-likeness (QED) is 0.769. The lowest BCUT2D eigenvalue weighted by molar-refractivity contribution is 0.150. The summed E-state index contributed by atoms with van der Waals surface area (Å²) in [7, 11) is 0. The van der Waals surface area contributed by atoms with E-state index in [0.717, 1.165) is 0 Å². The second kappa shape index (κ2) is 3.38. The minimum atomic E-state index is -2.83. The van der Waals surface area contributed by atoms with Gasteiger partial charge in [0, 0.05) is 6.20 Å². The number of halogens is 3. The summed E-state index contributed by atoms with van der Waals surface area (Å²) >= 11 is 1.77. The predicted octanol–water partition coefficient (Wildman–Crippen LogP) is 1.50. The van der Waals surface area contributed by atoms with E-state index in [1.165, 1.54) is 6.20 Å². The maximum absolute atomic E-state index is 12.2. The third kappa shape index (κ3) is 1.57. The third-order valence-corrected chi connectivity index (χ3v) is 2.23. The fourth-order valence-electron chi connectivity index (χ4n) is 0.752. The van der Waals surface area contributed by atoms with E-state index in [1.54, 1.807) is 22.6 Å². The zero-order chi connectivity index (χ0) is 9.30. The van der Waals surface area contributed by atoms with Crippen LogP contribution in [0.1, 0.15) is 12.0 Å². The summed E-state index contributed by atoms with van der Waals surface area (Å²) in [6.45, 7) is 0. The van der Waals surface area contributed by atoms with E-state index in [1.807, 2.05) is 0 Å². The Bertz CT molecular complexity index is 350. The van der Waals surface area contributed by atoms with Crippen LogP contribution in [0.2, 0.25) is 0 Å². The molecule has 1 aromatic rings. The Hall–Kier alpha value is -0.660. The summed E-state index contributed by atoms with van der Waals surface area (Å²) < 4.78 is 24.7. The maximum atomic E-state index is 12.2. The molecule has 66 valence electrons. The largest absolute Gasteiger partial charge is 0.397 e. The van der Waals surface area contributed by atoms with Crippen molar-refractivity contribution in [2.75, 3.05) is 5.73 Å². The van der Waals surface area contributed by atoms with Gasteiger partial charge in [0.2, 0.25) is 0 Å². The highest BCUT2D eigenvalue weighted by molar-refractivity contribution is 14.1. The molecular weight excluding hydrogens is 281 g/mol. The lowest BCUT2D eigenvalue weighted by Crippen LogP contribution is -2.16. The van der Waals surface area contributed by atoms with Gasteiger partial charge in [-0.3, -0.25) is 4.79 Å². The molecule has 1 aromatic heterocycles. The molecule has 0 unspecified atom stereocenters. The van der Waals surface area contributed by atoms with Crippen LogP contribution in [-0.4, -0.2) is 4.98 Å². The van der Waals surface area contributed by atoms with Gasteiger partial charge in [-0.25, -0.2) is 8.78 Å². The molecule has 0 aliphatic carbocycles. The van der Waals surface area contributed by atoms with Crippen LogP contribution in [0.5, 0.6) is 0 Å². The second-order valence-electron chi connectivity index (χ2n) is 2.09. The number of hydrogen-bond acceptors (Lipinski definition) is 2. The minimum absolute atomic E-state index is 0.144. The summed E-state index contributed by atoms with van der Waals surface area (Å²) in [5.41, 5.74) is 3.65. The Morgan fingerprint density at radius 1 is 1.58 bits per heavy atom. The highest BCUT2D eigenvalue weighted by Gasteiger charge is 2.17. The van der Waals surface area contributed by atoms with E-state index in [4.69, 9.17) is 5.73 Å². The summed E-state index contributed by atoms with van der Waals surface area (Å²) in [5.74, 6) is 0. The van der Waals surface area contributed by atoms with Crippen molar-refractivity contribution in [3.63, 3.8) is 0 Å². The number of anilines is 1. The SMILES string of the molecule is Nc1c(I)c[nH]c(=O)c1C(F)F. The van der Waals surface area contributed by atoms with E-state index in [2.05, 4.69) is 4.98 Å². The van der Waals surface area contributed by atoms with Crippen LogP contribution >= 0.6 is 22.6 Å². The average Bonchev–Trinajstić information content (AvgIpc) is 1.97. The molecular formula is C6H5F2IN2O. The monoisotopic (exact) mass is 286 g/mol. The number of alkyl halides is 2. The molecule has 0 aromatic carbocycles. The Morgan fingerprint density at radius 2 is 2.17 bits per heavy atom. The van der Waals surface area contributed by atoms with Crippen molar-refractivity contribution in [2.24, 2.45) is 0 Å². The molecule has 0 fully saturated rings. The minimum Gasteiger partial charge on any atom is -0.397 e. The van der Waals surface area contributed by atoms with E-state index in [0.29, 0.717) is 3.57 Å². The first-order valence-corrected chi connectivity index (χ1v) is 4.06. The lowest BCUT2D eigenvalue weighted by Gasteiger charge is -2.03. The van der Waals surface area contributed by atoms with Gasteiger partial charge in [-0.1, -0.05) is 0 Å². The number of nitrogen functional groups attached to an aromatic ring is 1. The second-order valence-corrected chi connectivity index (χ2v) is 3.26. The van der Waals surface area contributed by atoms with E-state index in [-0.39, 0.29) is 5.69 Å². The Morgan fingerprint density at radius 3 is 2.58 bits per heavy atom. The van der Waals surface area contributed by atoms with Gasteiger partial charge in [-0.15, -0.1) is 0 Å². The highest BCUT2D eigenvalue weighted by atomic mass is 127. The lowest BCUT2D eigenvalue weighted by atomic mass is 10.2. The zero-order valence-electron chi connectivity index (χ0n) is 5.77. The Balaban J connectivity index is 3.43. The molecule has 6 heteroatoms. The number of pyridine rings is 1. The van der Waals surface area contributed by atoms with Gasteiger partial charge in [-0.05, 0) is 22.6 Å². The molecule has 0 saturated carbocycles. The molecule has 0 saturated heterocycles. The fraction of sp³-hybridized carbons (Fsp3) is 0.167. The molecule has 3 nitrogen and oxygen atoms in total. The molecule has 0 atom stereocenters. The number of H-pyrrole nitrogens is 1. The van der Waals surface area contributed by atoms with Crippen LogP contribution in [0.25, 0.3) is 0 Å². The molecule has 1 rings (SSSR count). The van der Waals surface area contributed by atoms with Crippen molar-refractivity contribution < 1.29 is 8.78 Å². The first-order chi connectivity index (χ1) is 5.54. The van der Waals surface area contributed by atoms with Gasteiger partial charge in [0.1, 0.15) is 5.56 Å². The Kier molecular flexibility index (Phi) is 2.65. The molecule has 0 amide bonds. The van der Waals surface area contributed by atoms with Crippen LogP contribution in [-0.2, 0) is 0 Å². The van der Waals surface area contributed by atoms with Crippen molar-refractivity contribution in [2.45, 2.75) is 6.43 Å². The van der Waals surface area contributed by atoms with Crippen molar-refractivity contribution in [3.8, 4) is 0 Å². The Labute approximate surface area is 80.1 Å². The van der Waals surface area contributed by atoms with E-state index < -0.39 is 17.5 Å². The normalized spacial score (nSPS) is 10.7. The topological polar surface area (TPSA) is 58.9 Å². The van der Waals surface area contributed by atoms with Crippen molar-refractivity contribution in [1.29, 1.82) is 0 Å². The van der Waals surface area contributed by atoms with E-state index in [9.17, 15) is 13.6 Å². The van der Waals surface area contributed by atoms with Crippen molar-refractivity contribution in [1.82, 2.24) is 4.98 Å². The fourth-order valence-corrected chi connectivity index (χ4v) is 1.20. The van der Waals surface area contributed by atoms with Crippen molar-refractivity contribution in [3.05, 3.63) is 25.7 Å². The smallest absolute Gasteiger partial charge is 0.271 e. The van der Waals surface area contributed by atoms with Crippen LogP contribution in [0, 0.1) is 3.57 Å². The van der Waals surface area contributed by atoms with Gasteiger partial charge in [0.05, 0.1) is 9.26 Å². The summed E-state index contributed by atoms with van der Waals surface area (Å²) in [4.78, 5) is 13.0. The molecule has 0 radical (unpaired) electrons. The number of aromatic nitrogens is 1. The van der Waals surface area contributed by atoms with Gasteiger partial charge in [-0.2, -0.15) is 0 Å². The molecule has 12 heavy (non-hydrogen) atoms. The first kappa shape index (κ1) is 9.43. The van der Waals surface area contributed by atoms with Crippen LogP contribution < -0.4 is 11.3 Å². The maximum Gasteiger partial charge on any atom is 0.271 e. The number of nitrogens with one attached hydrogen (secondary N) is 1. The van der Waals surface area contributed by atoms with Gasteiger partial charge in [0.25, 0.3) is 12.0 Å². The summed E-state index contributed by atoms with van der Waals surface area (Å²) in [5, 5.41) is 0. The van der Waals surface area contributed by atoms with Gasteiger partial charge in [0.15, 0.2) is 0 Å². The highest BCUT2D eigenvalue weighted by Crippen LogP contribution is 2.24. The number of aromatic amines is 1. The van der Waals surface area contributed by atoms with Gasteiger partial charge < -0.3 is 10.7 Å². The van der Waals surface area contributed by atoms with Crippen LogP contribution in [0.15, 0.2) is 11.0 Å². The summed E-state index contributed by atoms with van der Waals surface area (Å²) in [6, 6.07) is 0. The van der Waals surface area contributed by atoms with E-state index >= 15 is 0 Å². The molecule has 0 aliphatic rings. The molecule has 0 bridgehead atoms. The first-order valence-electron chi connectivity index (χ1n) is 2.98. The average molecular weight is 286 g/mol. The molecule has 3 N–H and O–H groups in total. The third-order valence-electron chi connectivity index (χ3n) is 1.34. The van der Waals surface area contributed by atoms with Crippen molar-refractivity contribution >= 4 is 28.3 Å².